The van der Waals surface area contributed by atoms with Crippen LogP contribution in [0.25, 0.3) is 0 Å². The molecule has 0 radical (unpaired) electrons. The van der Waals surface area contributed by atoms with Crippen LogP contribution in [0.1, 0.15) is 20.8 Å². The van der Waals surface area contributed by atoms with Crippen LogP contribution in [0.5, 0.6) is 0 Å². The molecule has 0 aliphatic heterocycles. The molecule has 0 bridgehead atoms. The van der Waals surface area contributed by atoms with Gasteiger partial charge in [0.05, 0.1) is 0 Å². The summed E-state index contributed by atoms with van der Waals surface area (Å²) in [4.78, 5) is 26.7. The van der Waals surface area contributed by atoms with Gasteiger partial charge in [0.25, 0.3) is 0 Å². The molecule has 0 spiro atoms. The van der Waals surface area contributed by atoms with E-state index in [2.05, 4.69) is 0 Å². The summed E-state index contributed by atoms with van der Waals surface area (Å²) in [6.45, 7) is 2.92. The van der Waals surface area contributed by atoms with Crippen LogP contribution in [-0.2, 0) is 14.4 Å². The molecule has 7 nitrogen and oxygen atoms in total. The molecule has 0 aromatic rings. The zero-order valence-corrected chi connectivity index (χ0v) is 16.4. The third kappa shape index (κ3) is 1690. The molecule has 0 heterocycles. The zero-order valence-electron chi connectivity index (χ0n) is 10.4. The Bertz CT molecular complexity index is 122. The molecule has 0 rings (SSSR count). The van der Waals surface area contributed by atoms with Gasteiger partial charge in [-0.1, -0.05) is 0 Å². The number of carboxylic acids is 3. The molecule has 2 N–H and O–H groups in total. The van der Waals surface area contributed by atoms with Crippen LogP contribution in [-0.4, -0.2) is 23.4 Å². The number of carbonyl (C=O) groups excluding carboxylic acids is 3. The summed E-state index contributed by atoms with van der Waals surface area (Å²) in [5.41, 5.74) is 0. The van der Waals surface area contributed by atoms with E-state index in [1.54, 1.807) is 0 Å². The molecule has 80 valence electrons. The number of hydrogen-bond acceptors (Lipinski definition) is 6. The summed E-state index contributed by atoms with van der Waals surface area (Å²) >= 11 is 0. The second-order valence-electron chi connectivity index (χ2n) is 1.47. The Morgan fingerprint density at radius 1 is 0.625 bits per heavy atom. The number of aliphatic carboxylic acids is 3. The molecule has 10 heteroatoms. The maximum Gasteiger partial charge on any atom is 1.00 e. The average Bonchev–Trinajstić information content (AvgIpc) is 1.54. The SMILES string of the molecule is CC(=O)[O-].CC(=O)[O-].CC(=O)[O-].O.[Na+].[Na+].[Na+]. The van der Waals surface area contributed by atoms with Crippen molar-refractivity contribution in [2.75, 3.05) is 0 Å². The minimum atomic E-state index is -1.08. The number of rotatable bonds is 0. The van der Waals surface area contributed by atoms with E-state index in [1.165, 1.54) is 0 Å². The van der Waals surface area contributed by atoms with E-state index >= 15 is 0 Å². The number of carboxylic acid groups (broad SMARTS) is 3. The predicted octanol–water partition coefficient (Wildman–Crippen LogP) is -13.5. The van der Waals surface area contributed by atoms with Crippen molar-refractivity contribution in [3.63, 3.8) is 0 Å². The van der Waals surface area contributed by atoms with Crippen molar-refractivity contribution >= 4 is 17.9 Å². The zero-order chi connectivity index (χ0) is 10.7. The first-order valence-corrected chi connectivity index (χ1v) is 2.72. The van der Waals surface area contributed by atoms with E-state index in [-0.39, 0.29) is 94.1 Å². The van der Waals surface area contributed by atoms with Gasteiger partial charge in [-0.25, -0.2) is 0 Å². The topological polar surface area (TPSA) is 152 Å². The second kappa shape index (κ2) is 36.0. The van der Waals surface area contributed by atoms with Crippen molar-refractivity contribution in [3.8, 4) is 0 Å². The van der Waals surface area contributed by atoms with Gasteiger partial charge in [0.15, 0.2) is 0 Å². The van der Waals surface area contributed by atoms with E-state index in [9.17, 15) is 0 Å². The normalized spacial score (nSPS) is 4.69. The molecule has 0 aromatic heterocycles. The number of carbonyl (C=O) groups is 3. The van der Waals surface area contributed by atoms with Gasteiger partial charge in [-0.05, 0) is 20.8 Å². The third-order valence-electron chi connectivity index (χ3n) is 0. The van der Waals surface area contributed by atoms with Gasteiger partial charge in [0.2, 0.25) is 0 Å². The van der Waals surface area contributed by atoms with Crippen molar-refractivity contribution in [3.05, 3.63) is 0 Å². The second-order valence-corrected chi connectivity index (χ2v) is 1.47. The quantitative estimate of drug-likeness (QED) is 0.396. The van der Waals surface area contributed by atoms with E-state index in [4.69, 9.17) is 29.7 Å². The van der Waals surface area contributed by atoms with Crippen LogP contribution in [0, 0.1) is 0 Å². The van der Waals surface area contributed by atoms with Crippen molar-refractivity contribution in [1.29, 1.82) is 0 Å². The molecule has 0 aliphatic rings. The maximum absolute atomic E-state index is 8.89. The van der Waals surface area contributed by atoms with Gasteiger partial charge in [-0.2, -0.15) is 0 Å². The van der Waals surface area contributed by atoms with Crippen molar-refractivity contribution in [2.45, 2.75) is 20.8 Å². The summed E-state index contributed by atoms with van der Waals surface area (Å²) < 4.78 is 0. The van der Waals surface area contributed by atoms with Gasteiger partial charge < -0.3 is 35.2 Å². The molecule has 0 amide bonds. The Morgan fingerprint density at radius 2 is 0.625 bits per heavy atom. The molecule has 0 saturated carbocycles. The largest absolute Gasteiger partial charge is 1.00 e. The molecule has 0 fully saturated rings. The van der Waals surface area contributed by atoms with E-state index in [0.29, 0.717) is 0 Å². The molecule has 0 unspecified atom stereocenters. The van der Waals surface area contributed by atoms with Crippen molar-refractivity contribution in [1.82, 2.24) is 0 Å². The summed E-state index contributed by atoms with van der Waals surface area (Å²) in [5.74, 6) is -3.25. The van der Waals surface area contributed by atoms with Gasteiger partial charge >= 0.3 is 88.7 Å². The van der Waals surface area contributed by atoms with E-state index in [0.717, 1.165) is 20.8 Å². The molecule has 0 saturated heterocycles. The minimum Gasteiger partial charge on any atom is -0.550 e. The Balaban J connectivity index is -0.0000000135. The fraction of sp³-hybridized carbons (Fsp3) is 0.500. The van der Waals surface area contributed by atoms with Crippen LogP contribution in [0.3, 0.4) is 0 Å². The van der Waals surface area contributed by atoms with Gasteiger partial charge in [0.1, 0.15) is 0 Å². The van der Waals surface area contributed by atoms with Crippen LogP contribution in [0.2, 0.25) is 0 Å². The Labute approximate surface area is 160 Å². The first-order chi connectivity index (χ1) is 5.20. The minimum absolute atomic E-state index is 0. The van der Waals surface area contributed by atoms with E-state index in [1.807, 2.05) is 0 Å². The monoisotopic (exact) mass is 264 g/mol. The number of hydrogen-bond donors (Lipinski definition) is 0. The maximum atomic E-state index is 8.89. The first-order valence-electron chi connectivity index (χ1n) is 2.72. The van der Waals surface area contributed by atoms with Crippen LogP contribution in [0.15, 0.2) is 0 Å². The van der Waals surface area contributed by atoms with Crippen molar-refractivity contribution in [2.24, 2.45) is 0 Å². The van der Waals surface area contributed by atoms with Crippen molar-refractivity contribution < 1.29 is 124 Å². The van der Waals surface area contributed by atoms with Crippen LogP contribution in [0.4, 0.5) is 0 Å². The van der Waals surface area contributed by atoms with Gasteiger partial charge in [-0.15, -0.1) is 0 Å². The van der Waals surface area contributed by atoms with Gasteiger partial charge in [-0.3, -0.25) is 0 Å². The fourth-order valence-electron chi connectivity index (χ4n) is 0. The third-order valence-corrected chi connectivity index (χ3v) is 0. The summed E-state index contributed by atoms with van der Waals surface area (Å²) in [7, 11) is 0. The molecular weight excluding hydrogens is 253 g/mol. The summed E-state index contributed by atoms with van der Waals surface area (Å²) in [6.07, 6.45) is 0. The summed E-state index contributed by atoms with van der Waals surface area (Å²) in [5, 5.41) is 26.7. The molecular formula is C6H11Na3O7. The predicted molar refractivity (Wildman–Crippen MR) is 35.7 cm³/mol. The van der Waals surface area contributed by atoms with Gasteiger partial charge in [0, 0.05) is 17.9 Å². The summed E-state index contributed by atoms with van der Waals surface area (Å²) in [6, 6.07) is 0. The Morgan fingerprint density at radius 3 is 0.625 bits per heavy atom. The van der Waals surface area contributed by atoms with Crippen LogP contribution < -0.4 is 104 Å². The van der Waals surface area contributed by atoms with Crippen LogP contribution >= 0.6 is 0 Å². The molecule has 16 heavy (non-hydrogen) atoms. The first kappa shape index (κ1) is 43.3. The average molecular weight is 264 g/mol. The van der Waals surface area contributed by atoms with E-state index < -0.39 is 17.9 Å². The molecule has 0 aromatic carbocycles. The smallest absolute Gasteiger partial charge is 0.550 e. The Hall–Kier alpha value is 1.37. The molecule has 0 aliphatic carbocycles. The fourth-order valence-corrected chi connectivity index (χ4v) is 0. The Kier molecular flexibility index (Phi) is 97.3. The molecule has 0 atom stereocenters. The standard InChI is InChI=1S/3C2H4O2.3Na.H2O/c3*1-2(3)4;;;;/h3*1H3,(H,3,4);;;;1H2/q;;;3*+1;/p-3.